The van der Waals surface area contributed by atoms with Gasteiger partial charge in [-0.3, -0.25) is 4.79 Å². The molecular formula is C17H17NO4. The van der Waals surface area contributed by atoms with Gasteiger partial charge in [-0.1, -0.05) is 30.3 Å². The highest BCUT2D eigenvalue weighted by Crippen LogP contribution is 2.32. The number of carbonyl (C=O) groups excluding carboxylic acids is 1. The van der Waals surface area contributed by atoms with E-state index < -0.39 is 12.2 Å². The number of hydrogen-bond acceptors (Lipinski definition) is 4. The zero-order chi connectivity index (χ0) is 15.4. The first-order chi connectivity index (χ1) is 10.7. The van der Waals surface area contributed by atoms with Crippen LogP contribution in [-0.4, -0.2) is 19.1 Å². The monoisotopic (exact) mass is 299 g/mol. The molecule has 1 saturated heterocycles. The second-order valence-corrected chi connectivity index (χ2v) is 4.96. The van der Waals surface area contributed by atoms with E-state index >= 15 is 0 Å². The Morgan fingerprint density at radius 1 is 1.14 bits per heavy atom. The zero-order valence-corrected chi connectivity index (χ0v) is 12.0. The van der Waals surface area contributed by atoms with Crippen LogP contribution >= 0.6 is 0 Å². The van der Waals surface area contributed by atoms with Gasteiger partial charge in [0.15, 0.2) is 6.29 Å². The zero-order valence-electron chi connectivity index (χ0n) is 12.0. The maximum atomic E-state index is 11.4. The van der Waals surface area contributed by atoms with E-state index in [1.807, 2.05) is 30.3 Å². The molecule has 0 saturated carbocycles. The average molecular weight is 299 g/mol. The van der Waals surface area contributed by atoms with Crippen LogP contribution in [0.4, 0.5) is 0 Å². The predicted octanol–water partition coefficient (Wildman–Crippen LogP) is 2.41. The molecule has 0 aliphatic carbocycles. The van der Waals surface area contributed by atoms with Gasteiger partial charge >= 0.3 is 0 Å². The van der Waals surface area contributed by atoms with Crippen LogP contribution in [0.3, 0.4) is 0 Å². The molecule has 5 nitrogen and oxygen atoms in total. The molecule has 0 aromatic heterocycles. The summed E-state index contributed by atoms with van der Waals surface area (Å²) in [5.41, 5.74) is 7.48. The van der Waals surface area contributed by atoms with Crippen molar-refractivity contribution in [2.45, 2.75) is 12.9 Å². The number of hydrogen-bond donors (Lipinski definition) is 1. The molecule has 2 aromatic carbocycles. The second-order valence-electron chi connectivity index (χ2n) is 4.96. The molecule has 1 fully saturated rings. The van der Waals surface area contributed by atoms with Crippen LogP contribution < -0.4 is 10.5 Å². The molecule has 0 bridgehead atoms. The summed E-state index contributed by atoms with van der Waals surface area (Å²) in [6, 6.07) is 14.9. The second kappa shape index (κ2) is 6.60. The molecule has 0 unspecified atom stereocenters. The van der Waals surface area contributed by atoms with E-state index in [1.54, 1.807) is 18.2 Å². The first kappa shape index (κ1) is 14.6. The molecule has 2 N–H and O–H groups in total. The summed E-state index contributed by atoms with van der Waals surface area (Å²) in [5.74, 6) is 0.134. The minimum Gasteiger partial charge on any atom is -0.488 e. The van der Waals surface area contributed by atoms with Gasteiger partial charge in [-0.15, -0.1) is 0 Å². The van der Waals surface area contributed by atoms with Gasteiger partial charge in [0.05, 0.1) is 18.8 Å². The third-order valence-corrected chi connectivity index (χ3v) is 3.41. The minimum atomic E-state index is -0.523. The van der Waals surface area contributed by atoms with Gasteiger partial charge in [-0.05, 0) is 23.8 Å². The lowest BCUT2D eigenvalue weighted by atomic mass is 10.1. The fourth-order valence-corrected chi connectivity index (χ4v) is 2.29. The van der Waals surface area contributed by atoms with E-state index in [9.17, 15) is 4.79 Å². The topological polar surface area (TPSA) is 70.8 Å². The van der Waals surface area contributed by atoms with E-state index in [2.05, 4.69) is 0 Å². The Bertz CT molecular complexity index is 651. The maximum absolute atomic E-state index is 11.4. The lowest BCUT2D eigenvalue weighted by molar-refractivity contribution is -0.0458. The highest BCUT2D eigenvalue weighted by molar-refractivity contribution is 5.93. The molecule has 2 aromatic rings. The van der Waals surface area contributed by atoms with E-state index in [0.717, 1.165) is 5.56 Å². The van der Waals surface area contributed by atoms with Crippen molar-refractivity contribution in [3.8, 4) is 5.75 Å². The summed E-state index contributed by atoms with van der Waals surface area (Å²) in [7, 11) is 0. The number of benzene rings is 2. The number of primary amides is 1. The first-order valence-electron chi connectivity index (χ1n) is 7.08. The highest BCUT2D eigenvalue weighted by atomic mass is 16.7. The first-order valence-corrected chi connectivity index (χ1v) is 7.08. The molecule has 3 rings (SSSR count). The van der Waals surface area contributed by atoms with Crippen molar-refractivity contribution < 1.29 is 19.0 Å². The summed E-state index contributed by atoms with van der Waals surface area (Å²) in [4.78, 5) is 11.4. The van der Waals surface area contributed by atoms with E-state index in [0.29, 0.717) is 36.7 Å². The largest absolute Gasteiger partial charge is 0.488 e. The molecule has 0 atom stereocenters. The molecule has 1 heterocycles. The van der Waals surface area contributed by atoms with Gasteiger partial charge < -0.3 is 19.9 Å². The lowest BCUT2D eigenvalue weighted by Crippen LogP contribution is -2.13. The smallest absolute Gasteiger partial charge is 0.248 e. The Morgan fingerprint density at radius 2 is 1.86 bits per heavy atom. The van der Waals surface area contributed by atoms with Gasteiger partial charge in [0.2, 0.25) is 5.91 Å². The number of nitrogens with two attached hydrogens (primary N) is 1. The van der Waals surface area contributed by atoms with Crippen LogP contribution in [0.15, 0.2) is 48.5 Å². The number of ether oxygens (including phenoxy) is 3. The number of rotatable bonds is 5. The van der Waals surface area contributed by atoms with Gasteiger partial charge in [0.25, 0.3) is 0 Å². The Hall–Kier alpha value is -2.37. The van der Waals surface area contributed by atoms with E-state index in [4.69, 9.17) is 19.9 Å². The van der Waals surface area contributed by atoms with Crippen LogP contribution in [-0.2, 0) is 16.1 Å². The van der Waals surface area contributed by atoms with Crippen LogP contribution in [0.1, 0.15) is 27.8 Å². The molecule has 22 heavy (non-hydrogen) atoms. The number of amides is 1. The third kappa shape index (κ3) is 3.27. The fraction of sp³-hybridized carbons (Fsp3) is 0.235. The summed E-state index contributed by atoms with van der Waals surface area (Å²) < 4.78 is 16.9. The molecular weight excluding hydrogens is 282 g/mol. The Kier molecular flexibility index (Phi) is 4.37. The summed E-state index contributed by atoms with van der Waals surface area (Å²) in [6.45, 7) is 1.46. The van der Waals surface area contributed by atoms with Gasteiger partial charge in [-0.25, -0.2) is 0 Å². The van der Waals surface area contributed by atoms with E-state index in [-0.39, 0.29) is 0 Å². The normalized spacial score (nSPS) is 14.9. The Morgan fingerprint density at radius 3 is 2.55 bits per heavy atom. The Labute approximate surface area is 128 Å². The summed E-state index contributed by atoms with van der Waals surface area (Å²) in [5, 5.41) is 0. The van der Waals surface area contributed by atoms with Gasteiger partial charge in [0.1, 0.15) is 12.4 Å². The molecule has 1 aliphatic heterocycles. The summed E-state index contributed by atoms with van der Waals surface area (Å²) >= 11 is 0. The van der Waals surface area contributed by atoms with Crippen molar-refractivity contribution >= 4 is 5.91 Å². The molecule has 0 radical (unpaired) electrons. The van der Waals surface area contributed by atoms with Crippen LogP contribution in [0.5, 0.6) is 5.75 Å². The average Bonchev–Trinajstić information content (AvgIpc) is 3.08. The van der Waals surface area contributed by atoms with Gasteiger partial charge in [0, 0.05) is 5.56 Å². The summed E-state index contributed by atoms with van der Waals surface area (Å²) in [6.07, 6.45) is -0.523. The lowest BCUT2D eigenvalue weighted by Gasteiger charge is -2.16. The molecule has 0 spiro atoms. The van der Waals surface area contributed by atoms with Crippen LogP contribution in [0, 0.1) is 0 Å². The highest BCUT2D eigenvalue weighted by Gasteiger charge is 2.23. The quantitative estimate of drug-likeness (QED) is 0.920. The molecule has 114 valence electrons. The molecule has 1 amide bonds. The van der Waals surface area contributed by atoms with Crippen molar-refractivity contribution in [1.29, 1.82) is 0 Å². The fourth-order valence-electron chi connectivity index (χ4n) is 2.29. The van der Waals surface area contributed by atoms with Crippen molar-refractivity contribution in [1.82, 2.24) is 0 Å². The van der Waals surface area contributed by atoms with Crippen molar-refractivity contribution in [3.63, 3.8) is 0 Å². The standard InChI is InChI=1S/C17H17NO4/c18-16(19)13-6-7-15(14(10-13)17-20-8-9-21-17)22-11-12-4-2-1-3-5-12/h1-7,10,17H,8-9,11H2,(H2,18,19). The van der Waals surface area contributed by atoms with Crippen LogP contribution in [0.25, 0.3) is 0 Å². The minimum absolute atomic E-state index is 0.404. The van der Waals surface area contributed by atoms with Crippen molar-refractivity contribution in [3.05, 3.63) is 65.2 Å². The molecule has 5 heteroatoms. The Balaban J connectivity index is 1.83. The maximum Gasteiger partial charge on any atom is 0.248 e. The predicted molar refractivity (Wildman–Crippen MR) is 80.4 cm³/mol. The van der Waals surface area contributed by atoms with Crippen molar-refractivity contribution in [2.75, 3.05) is 13.2 Å². The van der Waals surface area contributed by atoms with E-state index in [1.165, 1.54) is 0 Å². The SMILES string of the molecule is NC(=O)c1ccc(OCc2ccccc2)c(C2OCCO2)c1. The van der Waals surface area contributed by atoms with Crippen LogP contribution in [0.2, 0.25) is 0 Å². The third-order valence-electron chi connectivity index (χ3n) is 3.41. The van der Waals surface area contributed by atoms with Crippen molar-refractivity contribution in [2.24, 2.45) is 5.73 Å². The molecule has 1 aliphatic rings. The van der Waals surface area contributed by atoms with Gasteiger partial charge in [-0.2, -0.15) is 0 Å². The number of carbonyl (C=O) groups is 1.